The first-order valence-corrected chi connectivity index (χ1v) is 12.3. The van der Waals surface area contributed by atoms with Crippen LogP contribution >= 0.6 is 0 Å². The van der Waals surface area contributed by atoms with Crippen molar-refractivity contribution in [1.29, 1.82) is 0 Å². The highest BCUT2D eigenvalue weighted by Crippen LogP contribution is 2.37. The topological polar surface area (TPSA) is 105 Å². The Morgan fingerprint density at radius 3 is 2.56 bits per heavy atom. The number of amides is 2. The molecule has 0 bridgehead atoms. The summed E-state index contributed by atoms with van der Waals surface area (Å²) in [6.07, 6.45) is 2.52. The lowest BCUT2D eigenvalue weighted by atomic mass is 10.2. The van der Waals surface area contributed by atoms with E-state index in [1.807, 2.05) is 6.92 Å². The molecule has 0 aromatic heterocycles. The number of benzene rings is 2. The molecule has 2 aliphatic rings. The average molecular weight is 458 g/mol. The van der Waals surface area contributed by atoms with Crippen LogP contribution in [0.5, 0.6) is 5.75 Å². The SMILES string of the molecule is CCOc1ccc(NC(=O)CCNS(=O)(=O)c2ccc3c(c2)CCN3C(=O)C2CC2)cc1. The van der Waals surface area contributed by atoms with Crippen LogP contribution < -0.4 is 19.7 Å². The summed E-state index contributed by atoms with van der Waals surface area (Å²) in [7, 11) is -3.75. The van der Waals surface area contributed by atoms with E-state index in [4.69, 9.17) is 4.74 Å². The minimum absolute atomic E-state index is 0.00104. The largest absolute Gasteiger partial charge is 0.494 e. The molecule has 9 heteroatoms. The fourth-order valence-corrected chi connectivity index (χ4v) is 4.81. The van der Waals surface area contributed by atoms with Gasteiger partial charge >= 0.3 is 0 Å². The van der Waals surface area contributed by atoms with E-state index in [9.17, 15) is 18.0 Å². The number of hydrogen-bond donors (Lipinski definition) is 2. The summed E-state index contributed by atoms with van der Waals surface area (Å²) in [4.78, 5) is 26.4. The van der Waals surface area contributed by atoms with Crippen molar-refractivity contribution in [3.8, 4) is 5.75 Å². The van der Waals surface area contributed by atoms with Crippen LogP contribution in [0.2, 0.25) is 0 Å². The number of fused-ring (bicyclic) bond motifs is 1. The molecule has 1 fully saturated rings. The molecule has 1 aliphatic carbocycles. The van der Waals surface area contributed by atoms with Crippen molar-refractivity contribution in [3.63, 3.8) is 0 Å². The van der Waals surface area contributed by atoms with Crippen LogP contribution in [0.25, 0.3) is 0 Å². The molecular weight excluding hydrogens is 430 g/mol. The smallest absolute Gasteiger partial charge is 0.240 e. The molecule has 4 rings (SSSR count). The third-order valence-electron chi connectivity index (χ3n) is 5.54. The molecule has 2 aromatic carbocycles. The monoisotopic (exact) mass is 457 g/mol. The van der Waals surface area contributed by atoms with Gasteiger partial charge in [-0.15, -0.1) is 0 Å². The summed E-state index contributed by atoms with van der Waals surface area (Å²) in [5.41, 5.74) is 2.27. The Morgan fingerprint density at radius 2 is 1.88 bits per heavy atom. The molecule has 1 saturated carbocycles. The van der Waals surface area contributed by atoms with Gasteiger partial charge in [0.05, 0.1) is 11.5 Å². The van der Waals surface area contributed by atoms with Crippen LogP contribution in [0, 0.1) is 5.92 Å². The van der Waals surface area contributed by atoms with Crippen molar-refractivity contribution in [2.75, 3.05) is 29.9 Å². The van der Waals surface area contributed by atoms with E-state index in [0.29, 0.717) is 31.0 Å². The molecule has 8 nitrogen and oxygen atoms in total. The second kappa shape index (κ2) is 9.30. The highest BCUT2D eigenvalue weighted by atomic mass is 32.2. The van der Waals surface area contributed by atoms with Crippen LogP contribution in [-0.2, 0) is 26.0 Å². The van der Waals surface area contributed by atoms with Gasteiger partial charge in [0.25, 0.3) is 0 Å². The number of ether oxygens (including phenoxy) is 1. The normalized spacial score (nSPS) is 15.3. The molecule has 2 amide bonds. The van der Waals surface area contributed by atoms with Crippen molar-refractivity contribution < 1.29 is 22.7 Å². The van der Waals surface area contributed by atoms with Crippen molar-refractivity contribution >= 4 is 33.2 Å². The van der Waals surface area contributed by atoms with E-state index in [1.54, 1.807) is 41.3 Å². The van der Waals surface area contributed by atoms with Crippen LogP contribution in [0.1, 0.15) is 31.7 Å². The van der Waals surface area contributed by atoms with Crippen LogP contribution in [0.15, 0.2) is 47.4 Å². The summed E-state index contributed by atoms with van der Waals surface area (Å²) in [6, 6.07) is 11.8. The van der Waals surface area contributed by atoms with Gasteiger partial charge in [0.1, 0.15) is 5.75 Å². The van der Waals surface area contributed by atoms with Crippen LogP contribution in [-0.4, -0.2) is 39.9 Å². The highest BCUT2D eigenvalue weighted by molar-refractivity contribution is 7.89. The van der Waals surface area contributed by atoms with Crippen molar-refractivity contribution in [2.45, 2.75) is 37.5 Å². The minimum Gasteiger partial charge on any atom is -0.494 e. The quantitative estimate of drug-likeness (QED) is 0.602. The Bertz CT molecular complexity index is 1110. The fraction of sp³-hybridized carbons (Fsp3) is 0.391. The van der Waals surface area contributed by atoms with E-state index in [1.165, 1.54) is 6.07 Å². The second-order valence-electron chi connectivity index (χ2n) is 7.96. The Kier molecular flexibility index (Phi) is 6.48. The minimum atomic E-state index is -3.75. The third kappa shape index (κ3) is 5.11. The second-order valence-corrected chi connectivity index (χ2v) is 9.72. The fourth-order valence-electron chi connectivity index (χ4n) is 3.73. The number of carbonyl (C=O) groups excluding carboxylic acids is 2. The van der Waals surface area contributed by atoms with Gasteiger partial charge in [0, 0.05) is 36.8 Å². The number of anilines is 2. The molecule has 0 spiro atoms. The van der Waals surface area contributed by atoms with Crippen LogP contribution in [0.3, 0.4) is 0 Å². The summed E-state index contributed by atoms with van der Waals surface area (Å²) < 4.78 is 33.2. The van der Waals surface area contributed by atoms with Gasteiger partial charge in [-0.05, 0) is 74.2 Å². The van der Waals surface area contributed by atoms with Gasteiger partial charge in [0.2, 0.25) is 21.8 Å². The lowest BCUT2D eigenvalue weighted by Gasteiger charge is -2.17. The third-order valence-corrected chi connectivity index (χ3v) is 7.00. The lowest BCUT2D eigenvalue weighted by Crippen LogP contribution is -2.30. The predicted molar refractivity (Wildman–Crippen MR) is 121 cm³/mol. The van der Waals surface area contributed by atoms with Crippen molar-refractivity contribution in [2.24, 2.45) is 5.92 Å². The van der Waals surface area contributed by atoms with Gasteiger partial charge in [-0.2, -0.15) is 0 Å². The zero-order valence-corrected chi connectivity index (χ0v) is 18.8. The number of carbonyl (C=O) groups is 2. The van der Waals surface area contributed by atoms with E-state index in [2.05, 4.69) is 10.0 Å². The van der Waals surface area contributed by atoms with Gasteiger partial charge < -0.3 is 15.0 Å². The maximum atomic E-state index is 12.7. The van der Waals surface area contributed by atoms with Crippen molar-refractivity contribution in [3.05, 3.63) is 48.0 Å². The predicted octanol–water partition coefficient (Wildman–Crippen LogP) is 2.69. The molecule has 0 saturated heterocycles. The highest BCUT2D eigenvalue weighted by Gasteiger charge is 2.36. The van der Waals surface area contributed by atoms with Gasteiger partial charge in [-0.1, -0.05) is 0 Å². The average Bonchev–Trinajstić information content (AvgIpc) is 3.53. The van der Waals surface area contributed by atoms with E-state index in [-0.39, 0.29) is 35.6 Å². The summed E-state index contributed by atoms with van der Waals surface area (Å²) >= 11 is 0. The number of nitrogens with zero attached hydrogens (tertiary/aromatic N) is 1. The maximum absolute atomic E-state index is 12.7. The standard InChI is InChI=1S/C23H27N3O5S/c1-2-31-19-7-5-18(6-8-19)25-22(27)11-13-24-32(29,30)20-9-10-21-17(15-20)12-14-26(21)23(28)16-3-4-16/h5-10,15-16,24H,2-4,11-14H2,1H3,(H,25,27). The first-order valence-electron chi connectivity index (χ1n) is 10.8. The molecule has 0 radical (unpaired) electrons. The molecule has 1 heterocycles. The summed E-state index contributed by atoms with van der Waals surface area (Å²) in [5.74, 6) is 0.684. The molecule has 32 heavy (non-hydrogen) atoms. The number of hydrogen-bond acceptors (Lipinski definition) is 5. The zero-order chi connectivity index (χ0) is 22.7. The molecule has 0 unspecified atom stereocenters. The van der Waals surface area contributed by atoms with Gasteiger partial charge in [-0.3, -0.25) is 9.59 Å². The molecule has 2 N–H and O–H groups in total. The molecule has 170 valence electrons. The Balaban J connectivity index is 1.30. The first-order chi connectivity index (χ1) is 15.4. The first kappa shape index (κ1) is 22.3. The molecular formula is C23H27N3O5S. The van der Waals surface area contributed by atoms with Gasteiger partial charge in [0.15, 0.2) is 0 Å². The van der Waals surface area contributed by atoms with E-state index >= 15 is 0 Å². The van der Waals surface area contributed by atoms with Gasteiger partial charge in [-0.25, -0.2) is 13.1 Å². The molecule has 1 aliphatic heterocycles. The Hall–Kier alpha value is -2.91. The number of nitrogens with one attached hydrogen (secondary N) is 2. The summed E-state index contributed by atoms with van der Waals surface area (Å²) in [6.45, 7) is 3.03. The molecule has 2 aromatic rings. The number of sulfonamides is 1. The maximum Gasteiger partial charge on any atom is 0.240 e. The molecule has 0 atom stereocenters. The summed E-state index contributed by atoms with van der Waals surface area (Å²) in [5, 5.41) is 2.73. The zero-order valence-electron chi connectivity index (χ0n) is 18.0. The Morgan fingerprint density at radius 1 is 1.12 bits per heavy atom. The van der Waals surface area contributed by atoms with Crippen molar-refractivity contribution in [1.82, 2.24) is 4.72 Å². The lowest BCUT2D eigenvalue weighted by molar-refractivity contribution is -0.119. The number of rotatable bonds is 9. The van der Waals surface area contributed by atoms with E-state index in [0.717, 1.165) is 24.1 Å². The Labute approximate surface area is 188 Å². The van der Waals surface area contributed by atoms with Crippen LogP contribution in [0.4, 0.5) is 11.4 Å². The van der Waals surface area contributed by atoms with E-state index < -0.39 is 10.0 Å².